The standard InChI is InChI=1S/C21H29BrN4O3/c1-15(2)28-12-4-9-23-21(27)16-7-10-26(11-8-16)14-19-24-20(25-29-19)17-5-3-6-18(22)13-17/h3,5-6,13,15-16H,4,7-12,14H2,1-2H3,(H,23,27). The van der Waals surface area contributed by atoms with E-state index in [1.165, 1.54) is 0 Å². The molecule has 1 aromatic heterocycles. The number of amides is 1. The Morgan fingerprint density at radius 1 is 1.38 bits per heavy atom. The van der Waals surface area contributed by atoms with E-state index in [2.05, 4.69) is 36.3 Å². The predicted molar refractivity (Wildman–Crippen MR) is 114 cm³/mol. The van der Waals surface area contributed by atoms with Gasteiger partial charge in [0, 0.05) is 29.1 Å². The molecular formula is C21H29BrN4O3. The Hall–Kier alpha value is -1.77. The highest BCUT2D eigenvalue weighted by molar-refractivity contribution is 9.10. The molecule has 1 aromatic carbocycles. The highest BCUT2D eigenvalue weighted by Crippen LogP contribution is 2.22. The lowest BCUT2D eigenvalue weighted by molar-refractivity contribution is -0.126. The highest BCUT2D eigenvalue weighted by Gasteiger charge is 2.25. The number of halogens is 1. The maximum Gasteiger partial charge on any atom is 0.241 e. The second kappa shape index (κ2) is 10.8. The molecule has 1 N–H and O–H groups in total. The molecule has 1 aliphatic heterocycles. The zero-order valence-electron chi connectivity index (χ0n) is 17.1. The van der Waals surface area contributed by atoms with Gasteiger partial charge in [0.2, 0.25) is 17.6 Å². The number of hydrogen-bond acceptors (Lipinski definition) is 6. The van der Waals surface area contributed by atoms with E-state index in [4.69, 9.17) is 9.26 Å². The molecule has 0 saturated carbocycles. The number of carbonyl (C=O) groups is 1. The number of nitrogens with one attached hydrogen (secondary N) is 1. The van der Waals surface area contributed by atoms with Gasteiger partial charge in [-0.05, 0) is 58.3 Å². The third-order valence-corrected chi connectivity index (χ3v) is 5.43. The first-order chi connectivity index (χ1) is 14.0. The fourth-order valence-corrected chi connectivity index (χ4v) is 3.75. The predicted octanol–water partition coefficient (Wildman–Crippen LogP) is 3.64. The molecule has 1 saturated heterocycles. The van der Waals surface area contributed by atoms with Crippen molar-refractivity contribution in [2.75, 3.05) is 26.2 Å². The molecule has 7 nitrogen and oxygen atoms in total. The molecule has 2 aromatic rings. The Morgan fingerprint density at radius 2 is 2.17 bits per heavy atom. The molecule has 158 valence electrons. The van der Waals surface area contributed by atoms with Gasteiger partial charge in [-0.15, -0.1) is 0 Å². The maximum atomic E-state index is 12.3. The van der Waals surface area contributed by atoms with Crippen molar-refractivity contribution in [3.05, 3.63) is 34.6 Å². The van der Waals surface area contributed by atoms with Crippen LogP contribution in [-0.4, -0.2) is 53.3 Å². The van der Waals surface area contributed by atoms with Crippen molar-refractivity contribution in [3.63, 3.8) is 0 Å². The molecule has 2 heterocycles. The first-order valence-corrected chi connectivity index (χ1v) is 11.0. The Morgan fingerprint density at radius 3 is 2.90 bits per heavy atom. The molecule has 0 bridgehead atoms. The van der Waals surface area contributed by atoms with E-state index >= 15 is 0 Å². The molecule has 0 atom stereocenters. The summed E-state index contributed by atoms with van der Waals surface area (Å²) in [4.78, 5) is 19.1. The van der Waals surface area contributed by atoms with Crippen molar-refractivity contribution in [1.82, 2.24) is 20.4 Å². The van der Waals surface area contributed by atoms with Crippen molar-refractivity contribution < 1.29 is 14.1 Å². The zero-order chi connectivity index (χ0) is 20.6. The van der Waals surface area contributed by atoms with E-state index in [0.717, 1.165) is 42.4 Å². The fourth-order valence-electron chi connectivity index (χ4n) is 3.36. The van der Waals surface area contributed by atoms with E-state index < -0.39 is 0 Å². The van der Waals surface area contributed by atoms with Crippen LogP contribution >= 0.6 is 15.9 Å². The van der Waals surface area contributed by atoms with Crippen LogP contribution < -0.4 is 5.32 Å². The third-order valence-electron chi connectivity index (χ3n) is 4.94. The topological polar surface area (TPSA) is 80.5 Å². The van der Waals surface area contributed by atoms with E-state index in [1.54, 1.807) is 0 Å². The number of carbonyl (C=O) groups excluding carboxylic acids is 1. The second-order valence-corrected chi connectivity index (χ2v) is 8.55. The van der Waals surface area contributed by atoms with Crippen LogP contribution in [0.1, 0.15) is 39.0 Å². The van der Waals surface area contributed by atoms with Crippen LogP contribution in [0, 0.1) is 5.92 Å². The van der Waals surface area contributed by atoms with Crippen LogP contribution in [0.25, 0.3) is 11.4 Å². The number of aromatic nitrogens is 2. The number of rotatable bonds is 9. The van der Waals surface area contributed by atoms with Crippen LogP contribution in [0.2, 0.25) is 0 Å². The van der Waals surface area contributed by atoms with E-state index in [-0.39, 0.29) is 17.9 Å². The van der Waals surface area contributed by atoms with Crippen molar-refractivity contribution in [1.29, 1.82) is 0 Å². The van der Waals surface area contributed by atoms with Gasteiger partial charge < -0.3 is 14.6 Å². The third kappa shape index (κ3) is 6.90. The highest BCUT2D eigenvalue weighted by atomic mass is 79.9. The van der Waals surface area contributed by atoms with Gasteiger partial charge >= 0.3 is 0 Å². The summed E-state index contributed by atoms with van der Waals surface area (Å²) in [5.74, 6) is 1.44. The number of likely N-dealkylation sites (tertiary alicyclic amines) is 1. The normalized spacial score (nSPS) is 15.7. The summed E-state index contributed by atoms with van der Waals surface area (Å²) >= 11 is 3.46. The van der Waals surface area contributed by atoms with Gasteiger partial charge in [0.1, 0.15) is 0 Å². The van der Waals surface area contributed by atoms with Crippen LogP contribution in [0.15, 0.2) is 33.3 Å². The van der Waals surface area contributed by atoms with Gasteiger partial charge in [-0.3, -0.25) is 9.69 Å². The zero-order valence-corrected chi connectivity index (χ0v) is 18.7. The molecule has 1 amide bonds. The van der Waals surface area contributed by atoms with E-state index in [9.17, 15) is 4.79 Å². The Kier molecular flexibility index (Phi) is 8.20. The maximum absolute atomic E-state index is 12.3. The lowest BCUT2D eigenvalue weighted by atomic mass is 9.96. The van der Waals surface area contributed by atoms with Crippen LogP contribution in [0.4, 0.5) is 0 Å². The number of piperidine rings is 1. The first-order valence-electron chi connectivity index (χ1n) is 10.2. The molecule has 0 unspecified atom stereocenters. The van der Waals surface area contributed by atoms with Gasteiger partial charge in [-0.1, -0.05) is 33.2 Å². The van der Waals surface area contributed by atoms with Crippen molar-refractivity contribution >= 4 is 21.8 Å². The van der Waals surface area contributed by atoms with Gasteiger partial charge in [-0.2, -0.15) is 4.98 Å². The smallest absolute Gasteiger partial charge is 0.241 e. The van der Waals surface area contributed by atoms with Gasteiger partial charge in [0.05, 0.1) is 12.6 Å². The Bertz CT molecular complexity index is 788. The number of hydrogen-bond donors (Lipinski definition) is 1. The molecule has 8 heteroatoms. The van der Waals surface area contributed by atoms with Crippen molar-refractivity contribution in [2.45, 2.75) is 45.8 Å². The van der Waals surface area contributed by atoms with Crippen molar-refractivity contribution in [2.24, 2.45) is 5.92 Å². The van der Waals surface area contributed by atoms with Crippen LogP contribution in [-0.2, 0) is 16.1 Å². The average molecular weight is 465 g/mol. The second-order valence-electron chi connectivity index (χ2n) is 7.64. The van der Waals surface area contributed by atoms with Crippen LogP contribution in [0.5, 0.6) is 0 Å². The largest absolute Gasteiger partial charge is 0.379 e. The van der Waals surface area contributed by atoms with Crippen molar-refractivity contribution in [3.8, 4) is 11.4 Å². The SMILES string of the molecule is CC(C)OCCCNC(=O)C1CCN(Cc2nc(-c3cccc(Br)c3)no2)CC1. The Balaban J connectivity index is 1.39. The quantitative estimate of drug-likeness (QED) is 0.570. The number of nitrogens with zero attached hydrogens (tertiary/aromatic N) is 3. The molecule has 0 radical (unpaired) electrons. The minimum atomic E-state index is 0.0807. The number of ether oxygens (including phenoxy) is 1. The number of benzene rings is 1. The van der Waals surface area contributed by atoms with Gasteiger partial charge in [-0.25, -0.2) is 0 Å². The van der Waals surface area contributed by atoms with Gasteiger partial charge in [0.15, 0.2) is 0 Å². The molecule has 1 fully saturated rings. The first kappa shape index (κ1) is 21.9. The summed E-state index contributed by atoms with van der Waals surface area (Å²) in [6, 6.07) is 7.83. The lowest BCUT2D eigenvalue weighted by Crippen LogP contribution is -2.40. The Labute approximate surface area is 180 Å². The summed E-state index contributed by atoms with van der Waals surface area (Å²) in [7, 11) is 0. The molecular weight excluding hydrogens is 436 g/mol. The van der Waals surface area contributed by atoms with E-state index in [1.807, 2.05) is 38.1 Å². The van der Waals surface area contributed by atoms with Gasteiger partial charge in [0.25, 0.3) is 0 Å². The monoisotopic (exact) mass is 464 g/mol. The molecule has 0 spiro atoms. The van der Waals surface area contributed by atoms with E-state index in [0.29, 0.717) is 31.4 Å². The summed E-state index contributed by atoms with van der Waals surface area (Å²) in [6.07, 6.45) is 2.78. The average Bonchev–Trinajstić information content (AvgIpc) is 3.16. The summed E-state index contributed by atoms with van der Waals surface area (Å²) in [5.41, 5.74) is 0.920. The minimum absolute atomic E-state index is 0.0807. The summed E-state index contributed by atoms with van der Waals surface area (Å²) in [6.45, 7) is 7.70. The van der Waals surface area contributed by atoms with Crippen LogP contribution in [0.3, 0.4) is 0 Å². The minimum Gasteiger partial charge on any atom is -0.379 e. The fraction of sp³-hybridized carbons (Fsp3) is 0.571. The molecule has 0 aliphatic carbocycles. The molecule has 1 aliphatic rings. The summed E-state index contributed by atoms with van der Waals surface area (Å²) < 4.78 is 11.9. The summed E-state index contributed by atoms with van der Waals surface area (Å²) in [5, 5.41) is 7.12. The lowest BCUT2D eigenvalue weighted by Gasteiger charge is -2.30. The molecule has 3 rings (SSSR count). The molecule has 29 heavy (non-hydrogen) atoms.